The molecule has 1 aromatic carbocycles. The van der Waals surface area contributed by atoms with Gasteiger partial charge in [0.2, 0.25) is 0 Å². The van der Waals surface area contributed by atoms with Crippen molar-refractivity contribution >= 4 is 0 Å². The minimum absolute atomic E-state index is 0.119. The highest BCUT2D eigenvalue weighted by Crippen LogP contribution is 2.39. The third-order valence-electron chi connectivity index (χ3n) is 3.13. The van der Waals surface area contributed by atoms with Gasteiger partial charge in [-0.1, -0.05) is 0 Å². The number of hydrogen-bond donors (Lipinski definition) is 1. The first-order chi connectivity index (χ1) is 7.06. The Kier molecular flexibility index (Phi) is 2.43. The lowest BCUT2D eigenvalue weighted by atomic mass is 9.98. The number of ether oxygens (including phenoxy) is 1. The Morgan fingerprint density at radius 3 is 2.67 bits per heavy atom. The van der Waals surface area contributed by atoms with Gasteiger partial charge in [0.05, 0.1) is 7.11 Å². The first-order valence-corrected chi connectivity index (χ1v) is 5.16. The Bertz CT molecular complexity index is 385. The lowest BCUT2D eigenvalue weighted by Gasteiger charge is -2.15. The molecule has 0 heterocycles. The van der Waals surface area contributed by atoms with Crippen molar-refractivity contribution in [3.63, 3.8) is 0 Å². The van der Waals surface area contributed by atoms with Crippen molar-refractivity contribution in [2.24, 2.45) is 5.73 Å². The summed E-state index contributed by atoms with van der Waals surface area (Å²) in [7, 11) is 1.60. The number of rotatable bonds is 3. The summed E-state index contributed by atoms with van der Waals surface area (Å²) < 4.78 is 18.6. The molecular weight excluding hydrogens is 193 g/mol. The van der Waals surface area contributed by atoms with E-state index in [4.69, 9.17) is 10.5 Å². The van der Waals surface area contributed by atoms with Crippen LogP contribution < -0.4 is 10.5 Å². The molecule has 2 rings (SSSR count). The van der Waals surface area contributed by atoms with Gasteiger partial charge in [0, 0.05) is 11.1 Å². The molecule has 1 fully saturated rings. The van der Waals surface area contributed by atoms with Gasteiger partial charge >= 0.3 is 0 Å². The Hall–Kier alpha value is -1.09. The zero-order chi connectivity index (χ0) is 11.1. The molecule has 0 unspecified atom stereocenters. The van der Waals surface area contributed by atoms with Crippen LogP contribution in [0.3, 0.4) is 0 Å². The molecule has 0 radical (unpaired) electrons. The van der Waals surface area contributed by atoms with Crippen LogP contribution in [0, 0.1) is 12.7 Å². The van der Waals surface area contributed by atoms with Crippen LogP contribution in [-0.2, 0) is 6.42 Å². The fourth-order valence-corrected chi connectivity index (χ4v) is 1.80. The highest BCUT2D eigenvalue weighted by atomic mass is 19.1. The first-order valence-electron chi connectivity index (χ1n) is 5.16. The summed E-state index contributed by atoms with van der Waals surface area (Å²) in [5.41, 5.74) is 7.50. The fourth-order valence-electron chi connectivity index (χ4n) is 1.80. The fraction of sp³-hybridized carbons (Fsp3) is 0.500. The van der Waals surface area contributed by atoms with Gasteiger partial charge in [0.25, 0.3) is 0 Å². The molecule has 15 heavy (non-hydrogen) atoms. The smallest absolute Gasteiger partial charge is 0.126 e. The van der Waals surface area contributed by atoms with Crippen molar-refractivity contribution in [3.05, 3.63) is 29.1 Å². The molecule has 0 saturated heterocycles. The van der Waals surface area contributed by atoms with E-state index in [0.29, 0.717) is 12.0 Å². The molecular formula is C12H16FNO. The SMILES string of the molecule is COc1ccc(F)c(C)c1CC1(N)CC1. The van der Waals surface area contributed by atoms with Crippen LogP contribution in [0.2, 0.25) is 0 Å². The summed E-state index contributed by atoms with van der Waals surface area (Å²) in [5, 5.41) is 0. The van der Waals surface area contributed by atoms with Gasteiger partial charge in [-0.25, -0.2) is 4.39 Å². The molecule has 2 nitrogen and oxygen atoms in total. The molecule has 82 valence electrons. The van der Waals surface area contributed by atoms with E-state index < -0.39 is 0 Å². The Morgan fingerprint density at radius 2 is 2.13 bits per heavy atom. The molecule has 0 aliphatic heterocycles. The Morgan fingerprint density at radius 1 is 1.47 bits per heavy atom. The van der Waals surface area contributed by atoms with Crippen LogP contribution in [-0.4, -0.2) is 12.6 Å². The van der Waals surface area contributed by atoms with Crippen molar-refractivity contribution in [1.29, 1.82) is 0 Å². The molecule has 1 aliphatic rings. The second-order valence-corrected chi connectivity index (χ2v) is 4.39. The molecule has 0 atom stereocenters. The van der Waals surface area contributed by atoms with E-state index in [1.165, 1.54) is 6.07 Å². The van der Waals surface area contributed by atoms with Crippen molar-refractivity contribution < 1.29 is 9.13 Å². The van der Waals surface area contributed by atoms with E-state index in [0.717, 1.165) is 24.2 Å². The maximum atomic E-state index is 13.4. The van der Waals surface area contributed by atoms with E-state index >= 15 is 0 Å². The van der Waals surface area contributed by atoms with Gasteiger partial charge in [-0.3, -0.25) is 0 Å². The van der Waals surface area contributed by atoms with Gasteiger partial charge in [0.1, 0.15) is 11.6 Å². The topological polar surface area (TPSA) is 35.2 Å². The molecule has 2 N–H and O–H groups in total. The summed E-state index contributed by atoms with van der Waals surface area (Å²) in [6.07, 6.45) is 2.75. The normalized spacial score (nSPS) is 17.6. The number of nitrogens with two attached hydrogens (primary N) is 1. The summed E-state index contributed by atoms with van der Waals surface area (Å²) in [5.74, 6) is 0.556. The molecule has 0 aromatic heterocycles. The van der Waals surface area contributed by atoms with Crippen LogP contribution >= 0.6 is 0 Å². The van der Waals surface area contributed by atoms with Crippen LogP contribution in [0.15, 0.2) is 12.1 Å². The van der Waals surface area contributed by atoms with Crippen LogP contribution in [0.5, 0.6) is 5.75 Å². The zero-order valence-corrected chi connectivity index (χ0v) is 9.14. The Balaban J connectivity index is 2.37. The number of hydrogen-bond acceptors (Lipinski definition) is 2. The molecule has 1 aromatic rings. The predicted molar refractivity (Wildman–Crippen MR) is 57.5 cm³/mol. The Labute approximate surface area is 89.2 Å². The summed E-state index contributed by atoms with van der Waals surface area (Å²) >= 11 is 0. The third-order valence-corrected chi connectivity index (χ3v) is 3.13. The highest BCUT2D eigenvalue weighted by Gasteiger charge is 2.39. The van der Waals surface area contributed by atoms with Gasteiger partial charge in [-0.05, 0) is 43.9 Å². The van der Waals surface area contributed by atoms with Gasteiger partial charge in [-0.2, -0.15) is 0 Å². The van der Waals surface area contributed by atoms with E-state index in [2.05, 4.69) is 0 Å². The van der Waals surface area contributed by atoms with Crippen molar-refractivity contribution in [3.8, 4) is 5.75 Å². The van der Waals surface area contributed by atoms with Crippen molar-refractivity contribution in [2.75, 3.05) is 7.11 Å². The third kappa shape index (κ3) is 1.97. The van der Waals surface area contributed by atoms with Crippen molar-refractivity contribution in [2.45, 2.75) is 31.7 Å². The first kappa shape index (κ1) is 10.4. The molecule has 1 aliphatic carbocycles. The average Bonchev–Trinajstić information content (AvgIpc) is 2.92. The van der Waals surface area contributed by atoms with E-state index in [1.54, 1.807) is 20.1 Å². The predicted octanol–water partition coefficient (Wildman–Crippen LogP) is 2.18. The summed E-state index contributed by atoms with van der Waals surface area (Å²) in [4.78, 5) is 0. The second-order valence-electron chi connectivity index (χ2n) is 4.39. The minimum atomic E-state index is -0.185. The van der Waals surface area contributed by atoms with Crippen molar-refractivity contribution in [1.82, 2.24) is 0 Å². The highest BCUT2D eigenvalue weighted by molar-refractivity contribution is 5.42. The maximum Gasteiger partial charge on any atom is 0.126 e. The molecule has 0 amide bonds. The lowest BCUT2D eigenvalue weighted by Crippen LogP contribution is -2.25. The number of benzene rings is 1. The van der Waals surface area contributed by atoms with E-state index in [1.807, 2.05) is 0 Å². The standard InChI is InChI=1S/C12H16FNO/c1-8-9(7-12(14)5-6-12)11(15-2)4-3-10(8)13/h3-4H,5-7,14H2,1-2H3. The largest absolute Gasteiger partial charge is 0.496 e. The molecule has 1 saturated carbocycles. The van der Waals surface area contributed by atoms with Crippen LogP contribution in [0.25, 0.3) is 0 Å². The van der Waals surface area contributed by atoms with Gasteiger partial charge < -0.3 is 10.5 Å². The minimum Gasteiger partial charge on any atom is -0.496 e. The van der Waals surface area contributed by atoms with E-state index in [-0.39, 0.29) is 11.4 Å². The van der Waals surface area contributed by atoms with Gasteiger partial charge in [0.15, 0.2) is 0 Å². The van der Waals surface area contributed by atoms with Crippen LogP contribution in [0.1, 0.15) is 24.0 Å². The molecule has 0 spiro atoms. The van der Waals surface area contributed by atoms with Crippen LogP contribution in [0.4, 0.5) is 4.39 Å². The second kappa shape index (κ2) is 3.49. The van der Waals surface area contributed by atoms with Gasteiger partial charge in [-0.15, -0.1) is 0 Å². The number of halogens is 1. The maximum absolute atomic E-state index is 13.4. The lowest BCUT2D eigenvalue weighted by molar-refractivity contribution is 0.405. The quantitative estimate of drug-likeness (QED) is 0.828. The monoisotopic (exact) mass is 209 g/mol. The molecule has 3 heteroatoms. The summed E-state index contributed by atoms with van der Waals surface area (Å²) in [6, 6.07) is 3.11. The summed E-state index contributed by atoms with van der Waals surface area (Å²) in [6.45, 7) is 1.78. The zero-order valence-electron chi connectivity index (χ0n) is 9.14. The number of methoxy groups -OCH3 is 1. The average molecular weight is 209 g/mol. The van der Waals surface area contributed by atoms with E-state index in [9.17, 15) is 4.39 Å². The molecule has 0 bridgehead atoms.